The van der Waals surface area contributed by atoms with E-state index < -0.39 is 6.03 Å². The van der Waals surface area contributed by atoms with Gasteiger partial charge in [0.25, 0.3) is 11.8 Å². The van der Waals surface area contributed by atoms with Gasteiger partial charge in [0, 0.05) is 67.9 Å². The van der Waals surface area contributed by atoms with Crippen LogP contribution in [0.3, 0.4) is 0 Å². The van der Waals surface area contributed by atoms with Gasteiger partial charge in [-0.15, -0.1) is 0 Å². The number of nitrogens with one attached hydrogen (secondary N) is 2. The predicted octanol–water partition coefficient (Wildman–Crippen LogP) is 6.11. The molecule has 14 nitrogen and oxygen atoms in total. The van der Waals surface area contributed by atoms with Crippen molar-refractivity contribution in [3.63, 3.8) is 0 Å². The van der Waals surface area contributed by atoms with Gasteiger partial charge in [-0.25, -0.2) is 4.79 Å². The van der Waals surface area contributed by atoms with Crippen LogP contribution in [0, 0.1) is 12.3 Å². The summed E-state index contributed by atoms with van der Waals surface area (Å²) in [7, 11) is 3.15. The number of hydrogen-bond donors (Lipinski definition) is 2. The fourth-order valence-corrected chi connectivity index (χ4v) is 9.38. The molecule has 0 aliphatic carbocycles. The largest absolute Gasteiger partial charge is 0.495 e. The Morgan fingerprint density at radius 3 is 2.24 bits per heavy atom. The lowest BCUT2D eigenvalue weighted by atomic mass is 9.71. The number of benzene rings is 3. The van der Waals surface area contributed by atoms with E-state index in [2.05, 4.69) is 31.3 Å². The Balaban J connectivity index is 0.766. The predicted molar refractivity (Wildman–Crippen MR) is 226 cm³/mol. The molecule has 4 aliphatic rings. The minimum Gasteiger partial charge on any atom is -0.495 e. The fraction of sp³-hybridized carbons (Fsp3) is 0.489. The van der Waals surface area contributed by atoms with E-state index in [9.17, 15) is 19.2 Å². The van der Waals surface area contributed by atoms with Gasteiger partial charge in [-0.3, -0.25) is 29.3 Å². The third kappa shape index (κ3) is 8.93. The molecular formula is C45H56N8O6. The number of nitrogens with zero attached hydrogens (tertiary/aromatic N) is 6. The van der Waals surface area contributed by atoms with Gasteiger partial charge < -0.3 is 29.5 Å². The molecule has 4 saturated heterocycles. The van der Waals surface area contributed by atoms with Crippen LogP contribution >= 0.6 is 0 Å². The summed E-state index contributed by atoms with van der Waals surface area (Å²) < 4.78 is 13.2. The van der Waals surface area contributed by atoms with Crippen LogP contribution in [0.15, 0.2) is 60.8 Å². The summed E-state index contributed by atoms with van der Waals surface area (Å²) in [4.78, 5) is 59.5. The highest BCUT2D eigenvalue weighted by Gasteiger charge is 2.39. The maximum atomic E-state index is 13.7. The molecule has 5 heterocycles. The Hall–Kier alpha value is -5.47. The van der Waals surface area contributed by atoms with Crippen molar-refractivity contribution in [1.82, 2.24) is 29.8 Å². The van der Waals surface area contributed by atoms with E-state index in [4.69, 9.17) is 14.6 Å². The Kier molecular flexibility index (Phi) is 11.9. The number of amides is 5. The molecule has 0 radical (unpaired) electrons. The van der Waals surface area contributed by atoms with Gasteiger partial charge in [0.1, 0.15) is 11.5 Å². The fourth-order valence-electron chi connectivity index (χ4n) is 9.38. The molecule has 3 aromatic carbocycles. The SMILES string of the molecule is COc1cc2nn(C3CCN(CCCN4CCC5(CC4)CCN(C(=O)c4ccc(OC)c(N6CCC(=O)NC6=O)c4)CC5)CC3)cc2cc1NC(=O)c1cccc(C)c1. The molecule has 2 N–H and O–H groups in total. The molecule has 4 aromatic rings. The van der Waals surface area contributed by atoms with Crippen LogP contribution in [0.4, 0.5) is 16.2 Å². The topological polar surface area (TPSA) is 142 Å². The number of anilines is 2. The molecule has 8 rings (SSSR count). The lowest BCUT2D eigenvalue weighted by molar-refractivity contribution is -0.120. The number of rotatable bonds is 11. The van der Waals surface area contributed by atoms with Crippen molar-refractivity contribution in [3.05, 3.63) is 77.5 Å². The summed E-state index contributed by atoms with van der Waals surface area (Å²) in [6.45, 7) is 10.2. The molecule has 1 aromatic heterocycles. The van der Waals surface area contributed by atoms with Crippen molar-refractivity contribution in [3.8, 4) is 11.5 Å². The number of hydrogen-bond acceptors (Lipinski definition) is 9. The van der Waals surface area contributed by atoms with Crippen LogP contribution in [-0.2, 0) is 4.79 Å². The highest BCUT2D eigenvalue weighted by molar-refractivity contribution is 6.07. The summed E-state index contributed by atoms with van der Waals surface area (Å²) in [5.41, 5.74) is 4.44. The first-order chi connectivity index (χ1) is 28.6. The Morgan fingerprint density at radius 1 is 0.831 bits per heavy atom. The van der Waals surface area contributed by atoms with Gasteiger partial charge >= 0.3 is 6.03 Å². The summed E-state index contributed by atoms with van der Waals surface area (Å²) in [6, 6.07) is 16.4. The number of imide groups is 1. The third-order valence-electron chi connectivity index (χ3n) is 13.1. The number of piperidine rings is 3. The molecule has 0 saturated carbocycles. The van der Waals surface area contributed by atoms with Crippen molar-refractivity contribution >= 4 is 46.0 Å². The average Bonchev–Trinajstić information content (AvgIpc) is 3.67. The Bertz CT molecular complexity index is 2200. The van der Waals surface area contributed by atoms with E-state index in [1.807, 2.05) is 48.2 Å². The second kappa shape index (κ2) is 17.4. The van der Waals surface area contributed by atoms with Crippen molar-refractivity contribution in [1.29, 1.82) is 0 Å². The minimum absolute atomic E-state index is 0.0347. The van der Waals surface area contributed by atoms with Gasteiger partial charge in [0.2, 0.25) is 5.91 Å². The summed E-state index contributed by atoms with van der Waals surface area (Å²) in [6.07, 6.45) is 9.89. The number of urea groups is 1. The van der Waals surface area contributed by atoms with Crippen LogP contribution in [0.25, 0.3) is 10.9 Å². The number of methoxy groups -OCH3 is 2. The number of aromatic nitrogens is 2. The van der Waals surface area contributed by atoms with E-state index in [1.165, 1.54) is 24.9 Å². The maximum Gasteiger partial charge on any atom is 0.328 e. The first-order valence-electron chi connectivity index (χ1n) is 21.1. The number of likely N-dealkylation sites (tertiary alicyclic amines) is 3. The first kappa shape index (κ1) is 40.3. The van der Waals surface area contributed by atoms with Crippen LogP contribution in [0.2, 0.25) is 0 Å². The molecule has 59 heavy (non-hydrogen) atoms. The lowest BCUT2D eigenvalue weighted by Gasteiger charge is -2.47. The molecule has 312 valence electrons. The average molecular weight is 805 g/mol. The Morgan fingerprint density at radius 2 is 1.54 bits per heavy atom. The molecule has 0 atom stereocenters. The molecule has 4 aliphatic heterocycles. The normalized spacial score (nSPS) is 19.2. The number of carbonyl (C=O) groups excluding carboxylic acids is 4. The molecule has 1 spiro atoms. The molecule has 0 unspecified atom stereocenters. The number of aryl methyl sites for hydroxylation is 1. The van der Waals surface area contributed by atoms with Crippen LogP contribution in [0.5, 0.6) is 11.5 Å². The minimum atomic E-state index is -0.502. The zero-order valence-corrected chi connectivity index (χ0v) is 34.5. The second-order valence-corrected chi connectivity index (χ2v) is 16.7. The summed E-state index contributed by atoms with van der Waals surface area (Å²) in [5, 5.41) is 11.3. The smallest absolute Gasteiger partial charge is 0.328 e. The zero-order valence-electron chi connectivity index (χ0n) is 34.5. The van der Waals surface area contributed by atoms with Gasteiger partial charge in [-0.2, -0.15) is 5.10 Å². The second-order valence-electron chi connectivity index (χ2n) is 16.7. The van der Waals surface area contributed by atoms with Crippen molar-refractivity contribution in [2.45, 2.75) is 64.3 Å². The number of fused-ring (bicyclic) bond motifs is 1. The van der Waals surface area contributed by atoms with Gasteiger partial charge in [-0.05, 0) is 120 Å². The third-order valence-corrected chi connectivity index (χ3v) is 13.1. The highest BCUT2D eigenvalue weighted by atomic mass is 16.5. The van der Waals surface area contributed by atoms with Crippen LogP contribution in [-0.4, -0.2) is 121 Å². The van der Waals surface area contributed by atoms with E-state index in [-0.39, 0.29) is 36.1 Å². The van der Waals surface area contributed by atoms with Crippen molar-refractivity contribution in [2.24, 2.45) is 5.41 Å². The van der Waals surface area contributed by atoms with Crippen LogP contribution < -0.4 is 25.0 Å². The molecule has 4 fully saturated rings. The highest BCUT2D eigenvalue weighted by Crippen LogP contribution is 2.42. The number of ether oxygens (including phenoxy) is 2. The molecule has 5 amide bonds. The van der Waals surface area contributed by atoms with E-state index in [0.29, 0.717) is 40.0 Å². The monoisotopic (exact) mass is 804 g/mol. The lowest BCUT2D eigenvalue weighted by Crippen LogP contribution is -2.50. The summed E-state index contributed by atoms with van der Waals surface area (Å²) in [5.74, 6) is 0.569. The van der Waals surface area contributed by atoms with E-state index in [0.717, 1.165) is 101 Å². The van der Waals surface area contributed by atoms with Gasteiger partial charge in [0.05, 0.1) is 37.2 Å². The van der Waals surface area contributed by atoms with Crippen molar-refractivity contribution < 1.29 is 28.7 Å². The Labute approximate surface area is 345 Å². The quantitative estimate of drug-likeness (QED) is 0.184. The maximum absolute atomic E-state index is 13.7. The van der Waals surface area contributed by atoms with Gasteiger partial charge in [0.15, 0.2) is 0 Å². The first-order valence-corrected chi connectivity index (χ1v) is 21.1. The zero-order chi connectivity index (χ0) is 41.1. The summed E-state index contributed by atoms with van der Waals surface area (Å²) >= 11 is 0. The van der Waals surface area contributed by atoms with E-state index in [1.54, 1.807) is 25.3 Å². The molecular weight excluding hydrogens is 749 g/mol. The van der Waals surface area contributed by atoms with Crippen molar-refractivity contribution in [2.75, 3.05) is 83.3 Å². The molecule has 0 bridgehead atoms. The van der Waals surface area contributed by atoms with Crippen LogP contribution in [0.1, 0.15) is 83.7 Å². The van der Waals surface area contributed by atoms with Gasteiger partial charge in [-0.1, -0.05) is 17.7 Å². The number of carbonyl (C=O) groups is 4. The van der Waals surface area contributed by atoms with E-state index >= 15 is 0 Å². The molecule has 14 heteroatoms. The standard InChI is InChI=1S/C45H56N8O6/c1-31-6-4-7-32(26-31)42(55)46-37-27-34-30-53(48-36(34)29-40(37)59-3)35-10-19-49(20-11-35)17-5-18-50-22-13-45(14-23-50)15-24-51(25-16-45)43(56)33-8-9-39(58-2)38(28-33)52-21-12-41(54)47-44(52)57/h4,6-9,26-30,35H,5,10-25H2,1-3H3,(H,46,55)(H,47,54,57).